The van der Waals surface area contributed by atoms with Crippen LogP contribution in [0.25, 0.3) is 0 Å². The molecule has 5 heterocycles. The molecule has 10 heteroatoms. The minimum Gasteiger partial charge on any atom is -0.462 e. The van der Waals surface area contributed by atoms with Crippen LogP contribution >= 0.6 is 0 Å². The van der Waals surface area contributed by atoms with Crippen molar-refractivity contribution in [1.82, 2.24) is 0 Å². The summed E-state index contributed by atoms with van der Waals surface area (Å²) >= 11 is 0. The van der Waals surface area contributed by atoms with E-state index in [1.165, 1.54) is 23.8 Å². The molecular formula is C29H34O10. The van der Waals surface area contributed by atoms with Gasteiger partial charge in [0.25, 0.3) is 0 Å². The van der Waals surface area contributed by atoms with Crippen LogP contribution in [0.5, 0.6) is 0 Å². The van der Waals surface area contributed by atoms with Crippen LogP contribution in [-0.2, 0) is 38.0 Å². The monoisotopic (exact) mass is 542 g/mol. The Labute approximate surface area is 226 Å². The maximum Gasteiger partial charge on any atom is 0.331 e. The van der Waals surface area contributed by atoms with Gasteiger partial charge in [0.2, 0.25) is 0 Å². The number of carbonyl (C=O) groups is 2. The summed E-state index contributed by atoms with van der Waals surface area (Å²) in [4.78, 5) is 26.4. The lowest BCUT2D eigenvalue weighted by Crippen LogP contribution is -2.66. The van der Waals surface area contributed by atoms with Gasteiger partial charge in [-0.05, 0) is 37.8 Å². The summed E-state index contributed by atoms with van der Waals surface area (Å²) < 4.78 is 36.5. The van der Waals surface area contributed by atoms with Crippen LogP contribution in [-0.4, -0.2) is 90.0 Å². The molecule has 5 aliphatic heterocycles. The summed E-state index contributed by atoms with van der Waals surface area (Å²) in [6.07, 6.45) is 6.94. The molecule has 4 bridgehead atoms. The summed E-state index contributed by atoms with van der Waals surface area (Å²) in [7, 11) is 0. The molecule has 7 aliphatic rings. The highest BCUT2D eigenvalue weighted by Crippen LogP contribution is 2.72. The lowest BCUT2D eigenvalue weighted by Gasteiger charge is -2.58. The predicted octanol–water partition coefficient (Wildman–Crippen LogP) is 1.40. The normalized spacial score (nSPS) is 53.4. The van der Waals surface area contributed by atoms with Crippen LogP contribution in [0.1, 0.15) is 39.5 Å². The highest BCUT2D eigenvalue weighted by Gasteiger charge is 2.83. The van der Waals surface area contributed by atoms with E-state index in [1.54, 1.807) is 12.2 Å². The molecule has 0 amide bonds. The molecule has 2 spiro atoms. The van der Waals surface area contributed by atoms with Crippen molar-refractivity contribution in [2.45, 2.75) is 87.5 Å². The van der Waals surface area contributed by atoms with E-state index in [1.807, 2.05) is 0 Å². The molecule has 2 aliphatic carbocycles. The molecule has 0 aromatic heterocycles. The van der Waals surface area contributed by atoms with Crippen molar-refractivity contribution in [1.29, 1.82) is 0 Å². The Morgan fingerprint density at radius 3 is 2.62 bits per heavy atom. The van der Waals surface area contributed by atoms with Crippen LogP contribution in [0.4, 0.5) is 0 Å². The van der Waals surface area contributed by atoms with Crippen LogP contribution in [0.2, 0.25) is 0 Å². The van der Waals surface area contributed by atoms with E-state index in [0.717, 1.165) is 6.42 Å². The van der Waals surface area contributed by atoms with Gasteiger partial charge in [-0.25, -0.2) is 9.59 Å². The predicted molar refractivity (Wildman–Crippen MR) is 133 cm³/mol. The van der Waals surface area contributed by atoms with Crippen molar-refractivity contribution < 1.29 is 48.2 Å². The molecule has 1 saturated carbocycles. The smallest absolute Gasteiger partial charge is 0.331 e. The number of aliphatic hydroxyl groups excluding tert-OH is 2. The Hall–Kier alpha value is -2.34. The summed E-state index contributed by atoms with van der Waals surface area (Å²) in [5.41, 5.74) is -1.58. The summed E-state index contributed by atoms with van der Waals surface area (Å²) in [6, 6.07) is 0. The lowest BCUT2D eigenvalue weighted by atomic mass is 9.51. The van der Waals surface area contributed by atoms with Crippen LogP contribution in [0.3, 0.4) is 0 Å². The first-order valence-corrected chi connectivity index (χ1v) is 13.7. The van der Waals surface area contributed by atoms with Gasteiger partial charge >= 0.3 is 11.9 Å². The Kier molecular flexibility index (Phi) is 5.64. The SMILES string of the molecule is CC1=C[C@H]2O[C@@H]3C[C@H]4OC(=O)/C=C\C=C/[C@]56OCC/C(=C/C(=O)OC[C@@]2(CC1)[C@]4(C)[C@]31CO1)[C@H]5O[C@@H](O)[C@@H]6O. The molecule has 0 aromatic rings. The minimum atomic E-state index is -1.51. The van der Waals surface area contributed by atoms with Crippen molar-refractivity contribution in [2.75, 3.05) is 19.8 Å². The van der Waals surface area contributed by atoms with E-state index >= 15 is 0 Å². The third-order valence-electron chi connectivity index (χ3n) is 10.4. The first-order chi connectivity index (χ1) is 18.7. The molecule has 7 rings (SSSR count). The van der Waals surface area contributed by atoms with E-state index in [-0.39, 0.29) is 25.4 Å². The average molecular weight is 543 g/mol. The molecule has 0 radical (unpaired) electrons. The number of epoxide rings is 1. The highest BCUT2D eigenvalue weighted by molar-refractivity contribution is 5.83. The van der Waals surface area contributed by atoms with Gasteiger partial charge in [-0.3, -0.25) is 0 Å². The van der Waals surface area contributed by atoms with Gasteiger partial charge in [0.1, 0.15) is 36.1 Å². The van der Waals surface area contributed by atoms with E-state index < -0.39 is 58.6 Å². The fourth-order valence-corrected chi connectivity index (χ4v) is 8.14. The van der Waals surface area contributed by atoms with Crippen molar-refractivity contribution in [3.8, 4) is 0 Å². The number of esters is 2. The molecule has 39 heavy (non-hydrogen) atoms. The van der Waals surface area contributed by atoms with Gasteiger partial charge in [0, 0.05) is 24.0 Å². The standard InChI is InChI=1S/C29H34O10/c1-16-6-9-27-14-34-22(31)12-17-7-10-35-28(23(32)25(33)39-24(17)28)8-4-3-5-21(30)38-18-13-20(37-19(27)11-16)29(15-36-29)26(18,27)2/h3-5,8,11-12,18-20,23-25,32-33H,6-7,9-10,13-15H2,1-2H3/b5-3-,8-4-,17-12-/t18-,19-,20-,23+,24-,25-,26-,27-,28-,29+/m1/s1. The van der Waals surface area contributed by atoms with E-state index in [9.17, 15) is 19.8 Å². The summed E-state index contributed by atoms with van der Waals surface area (Å²) in [5, 5.41) is 21.1. The Bertz CT molecular complexity index is 1210. The molecule has 4 saturated heterocycles. The van der Waals surface area contributed by atoms with E-state index in [4.69, 9.17) is 28.4 Å². The fraction of sp³-hybridized carbons (Fsp3) is 0.655. The minimum absolute atomic E-state index is 0.0562. The van der Waals surface area contributed by atoms with E-state index in [2.05, 4.69) is 19.9 Å². The van der Waals surface area contributed by atoms with Gasteiger partial charge in [0.05, 0.1) is 30.8 Å². The maximum absolute atomic E-state index is 13.3. The molecule has 5 fully saturated rings. The number of hydrogen-bond donors (Lipinski definition) is 2. The van der Waals surface area contributed by atoms with Crippen LogP contribution in [0, 0.1) is 10.8 Å². The first kappa shape index (κ1) is 25.6. The Morgan fingerprint density at radius 1 is 1.00 bits per heavy atom. The van der Waals surface area contributed by atoms with E-state index in [0.29, 0.717) is 31.4 Å². The zero-order valence-electron chi connectivity index (χ0n) is 22.0. The van der Waals surface area contributed by atoms with Crippen molar-refractivity contribution >= 4 is 11.9 Å². The number of aliphatic hydroxyl groups is 2. The molecule has 210 valence electrons. The summed E-state index contributed by atoms with van der Waals surface area (Å²) in [5.74, 6) is -1.08. The number of carbonyl (C=O) groups excluding carboxylic acids is 2. The molecule has 2 N–H and O–H groups in total. The largest absolute Gasteiger partial charge is 0.462 e. The third-order valence-corrected chi connectivity index (χ3v) is 10.4. The molecule has 0 unspecified atom stereocenters. The molecule has 10 atom stereocenters. The van der Waals surface area contributed by atoms with Crippen LogP contribution < -0.4 is 0 Å². The van der Waals surface area contributed by atoms with Crippen LogP contribution in [0.15, 0.2) is 47.6 Å². The number of hydrogen-bond acceptors (Lipinski definition) is 10. The number of ether oxygens (including phenoxy) is 6. The fourth-order valence-electron chi connectivity index (χ4n) is 8.14. The zero-order valence-corrected chi connectivity index (χ0v) is 22.0. The molecule has 10 nitrogen and oxygen atoms in total. The lowest BCUT2D eigenvalue weighted by molar-refractivity contribution is -0.232. The number of cyclic esters (lactones) is 1. The molecule has 0 aromatic carbocycles. The van der Waals surface area contributed by atoms with Crippen molar-refractivity contribution in [3.63, 3.8) is 0 Å². The number of rotatable bonds is 0. The van der Waals surface area contributed by atoms with Gasteiger partial charge in [0.15, 0.2) is 6.29 Å². The maximum atomic E-state index is 13.3. The second kappa shape index (κ2) is 8.58. The van der Waals surface area contributed by atoms with Gasteiger partial charge < -0.3 is 38.6 Å². The quantitative estimate of drug-likeness (QED) is 0.263. The second-order valence-electron chi connectivity index (χ2n) is 12.1. The average Bonchev–Trinajstić information content (AvgIpc) is 3.64. The van der Waals surface area contributed by atoms with Gasteiger partial charge in [-0.15, -0.1) is 0 Å². The van der Waals surface area contributed by atoms with Crippen molar-refractivity contribution in [2.24, 2.45) is 10.8 Å². The third kappa shape index (κ3) is 3.36. The van der Waals surface area contributed by atoms with Gasteiger partial charge in [-0.1, -0.05) is 30.7 Å². The Morgan fingerprint density at radius 2 is 1.82 bits per heavy atom. The van der Waals surface area contributed by atoms with Crippen molar-refractivity contribution in [3.05, 3.63) is 47.6 Å². The Balaban J connectivity index is 1.32. The first-order valence-electron chi connectivity index (χ1n) is 13.7. The number of allylic oxidation sites excluding steroid dienone is 3. The molecular weight excluding hydrogens is 508 g/mol. The summed E-state index contributed by atoms with van der Waals surface area (Å²) in [6.45, 7) is 4.93. The zero-order chi connectivity index (χ0) is 27.2. The topological polar surface area (TPSA) is 133 Å². The van der Waals surface area contributed by atoms with Gasteiger partial charge in [-0.2, -0.15) is 0 Å². The highest BCUT2D eigenvalue weighted by atomic mass is 16.7. The second-order valence-corrected chi connectivity index (χ2v) is 12.1.